The van der Waals surface area contributed by atoms with Gasteiger partial charge in [-0.05, 0) is 43.0 Å². The van der Waals surface area contributed by atoms with Crippen molar-refractivity contribution in [1.29, 1.82) is 0 Å². The molecular weight excluding hydrogens is 424 g/mol. The minimum atomic E-state index is -1.05. The van der Waals surface area contributed by atoms with Gasteiger partial charge in [-0.3, -0.25) is 9.59 Å². The van der Waals surface area contributed by atoms with E-state index in [2.05, 4.69) is 10.6 Å². The number of fused-ring (bicyclic) bond motifs is 3. The van der Waals surface area contributed by atoms with Crippen LogP contribution >= 0.6 is 0 Å². The van der Waals surface area contributed by atoms with E-state index in [1.54, 1.807) is 13.8 Å². The van der Waals surface area contributed by atoms with Crippen LogP contribution in [0.3, 0.4) is 0 Å². The van der Waals surface area contributed by atoms with Crippen molar-refractivity contribution in [1.82, 2.24) is 10.6 Å². The number of carbonyl (C=O) groups excluding carboxylic acids is 2. The summed E-state index contributed by atoms with van der Waals surface area (Å²) < 4.78 is 10.8. The Morgan fingerprint density at radius 2 is 1.48 bits per heavy atom. The fourth-order valence-corrected chi connectivity index (χ4v) is 3.95. The van der Waals surface area contributed by atoms with Crippen LogP contribution in [-0.4, -0.2) is 55.0 Å². The number of nitrogens with one attached hydrogen (secondary N) is 2. The van der Waals surface area contributed by atoms with Crippen molar-refractivity contribution >= 4 is 18.0 Å². The van der Waals surface area contributed by atoms with Crippen molar-refractivity contribution in [2.75, 3.05) is 13.7 Å². The molecule has 33 heavy (non-hydrogen) atoms. The maximum Gasteiger partial charge on any atom is 0.407 e. The van der Waals surface area contributed by atoms with Gasteiger partial charge in [-0.2, -0.15) is 0 Å². The molecule has 2 unspecified atom stereocenters. The fourth-order valence-electron chi connectivity index (χ4n) is 3.95. The number of benzene rings is 2. The lowest BCUT2D eigenvalue weighted by Gasteiger charge is -2.26. The standard InChI is InChI=1S/C25H30N2O6/c1-14(24(29)30)15(2)26-23(28)22(16(3)32-4)27-25(31)33-13-21-19-11-7-5-9-17(19)18-10-6-8-12-20(18)21/h5-12,14-16,21-22H,13H2,1-4H3,(H,26,28)(H,27,31)(H,29,30)/t14?,15?,16-,22+/m1/s1. The van der Waals surface area contributed by atoms with E-state index in [-0.39, 0.29) is 12.5 Å². The van der Waals surface area contributed by atoms with E-state index in [1.165, 1.54) is 14.0 Å². The number of amides is 2. The molecule has 0 aliphatic heterocycles. The molecule has 1 aliphatic rings. The number of hydrogen-bond donors (Lipinski definition) is 3. The molecule has 2 aromatic carbocycles. The third kappa shape index (κ3) is 5.34. The van der Waals surface area contributed by atoms with Crippen molar-refractivity contribution in [3.8, 4) is 11.1 Å². The number of methoxy groups -OCH3 is 1. The highest BCUT2D eigenvalue weighted by molar-refractivity contribution is 5.87. The van der Waals surface area contributed by atoms with Gasteiger partial charge in [0, 0.05) is 19.1 Å². The summed E-state index contributed by atoms with van der Waals surface area (Å²) in [5.74, 6) is -2.46. The lowest BCUT2D eigenvalue weighted by atomic mass is 9.98. The molecule has 8 heteroatoms. The lowest BCUT2D eigenvalue weighted by molar-refractivity contribution is -0.142. The number of carboxylic acid groups (broad SMARTS) is 1. The largest absolute Gasteiger partial charge is 0.481 e. The van der Waals surface area contributed by atoms with Gasteiger partial charge in [-0.25, -0.2) is 4.79 Å². The smallest absolute Gasteiger partial charge is 0.407 e. The van der Waals surface area contributed by atoms with Crippen LogP contribution in [0.25, 0.3) is 11.1 Å². The zero-order chi connectivity index (χ0) is 24.1. The zero-order valence-corrected chi connectivity index (χ0v) is 19.2. The molecule has 8 nitrogen and oxygen atoms in total. The van der Waals surface area contributed by atoms with Gasteiger partial charge in [0.2, 0.25) is 5.91 Å². The quantitative estimate of drug-likeness (QED) is 0.536. The molecule has 176 valence electrons. The maximum absolute atomic E-state index is 12.7. The minimum absolute atomic E-state index is 0.105. The van der Waals surface area contributed by atoms with Crippen LogP contribution in [-0.2, 0) is 19.1 Å². The predicted octanol–water partition coefficient (Wildman–Crippen LogP) is 3.15. The number of carbonyl (C=O) groups is 3. The molecule has 2 amide bonds. The minimum Gasteiger partial charge on any atom is -0.481 e. The van der Waals surface area contributed by atoms with Gasteiger partial charge in [-0.1, -0.05) is 48.5 Å². The zero-order valence-electron chi connectivity index (χ0n) is 19.2. The fraction of sp³-hybridized carbons (Fsp3) is 0.400. The number of rotatable bonds is 9. The molecule has 0 bridgehead atoms. The number of carboxylic acids is 1. The van der Waals surface area contributed by atoms with Gasteiger partial charge in [0.1, 0.15) is 12.6 Å². The topological polar surface area (TPSA) is 114 Å². The lowest BCUT2D eigenvalue weighted by Crippen LogP contribution is -2.55. The van der Waals surface area contributed by atoms with Gasteiger partial charge >= 0.3 is 12.1 Å². The summed E-state index contributed by atoms with van der Waals surface area (Å²) in [6.07, 6.45) is -1.40. The molecule has 3 rings (SSSR count). The van der Waals surface area contributed by atoms with Crippen LogP contribution in [0, 0.1) is 5.92 Å². The van der Waals surface area contributed by atoms with E-state index in [1.807, 2.05) is 48.5 Å². The Labute approximate surface area is 193 Å². The Balaban J connectivity index is 1.67. The second-order valence-corrected chi connectivity index (χ2v) is 8.31. The summed E-state index contributed by atoms with van der Waals surface area (Å²) in [7, 11) is 1.42. The second-order valence-electron chi connectivity index (χ2n) is 8.31. The van der Waals surface area contributed by atoms with Crippen LogP contribution in [0.4, 0.5) is 4.79 Å². The summed E-state index contributed by atoms with van der Waals surface area (Å²) in [6.45, 7) is 4.85. The van der Waals surface area contributed by atoms with Gasteiger partial charge < -0.3 is 25.2 Å². The molecule has 0 spiro atoms. The first kappa shape index (κ1) is 24.3. The summed E-state index contributed by atoms with van der Waals surface area (Å²) in [6, 6.07) is 14.3. The van der Waals surface area contributed by atoms with E-state index < -0.39 is 42.1 Å². The first-order valence-electron chi connectivity index (χ1n) is 10.9. The van der Waals surface area contributed by atoms with Crippen molar-refractivity contribution < 1.29 is 29.0 Å². The van der Waals surface area contributed by atoms with Gasteiger partial charge in [-0.15, -0.1) is 0 Å². The summed E-state index contributed by atoms with van der Waals surface area (Å²) >= 11 is 0. The Hall–Kier alpha value is -3.39. The highest BCUT2D eigenvalue weighted by Crippen LogP contribution is 2.44. The summed E-state index contributed by atoms with van der Waals surface area (Å²) in [5.41, 5.74) is 4.41. The summed E-state index contributed by atoms with van der Waals surface area (Å²) in [5, 5.41) is 14.4. The molecule has 3 N–H and O–H groups in total. The third-order valence-electron chi connectivity index (χ3n) is 6.25. The SMILES string of the molecule is CO[C@H](C)[C@H](NC(=O)OCC1c2ccccc2-c2ccccc21)C(=O)NC(C)C(C)C(=O)O. The molecule has 1 aliphatic carbocycles. The first-order chi connectivity index (χ1) is 15.7. The maximum atomic E-state index is 12.7. The van der Waals surface area contributed by atoms with E-state index in [9.17, 15) is 14.4 Å². The second kappa shape index (κ2) is 10.5. The average Bonchev–Trinajstić information content (AvgIpc) is 3.13. The van der Waals surface area contributed by atoms with Gasteiger partial charge in [0.25, 0.3) is 0 Å². The van der Waals surface area contributed by atoms with Crippen LogP contribution in [0.2, 0.25) is 0 Å². The number of aliphatic carboxylic acids is 1. The van der Waals surface area contributed by atoms with E-state index in [0.717, 1.165) is 22.3 Å². The molecular formula is C25H30N2O6. The molecule has 0 saturated carbocycles. The van der Waals surface area contributed by atoms with Crippen molar-refractivity contribution in [2.24, 2.45) is 5.92 Å². The number of ether oxygens (including phenoxy) is 2. The highest BCUT2D eigenvalue weighted by atomic mass is 16.5. The normalized spacial score (nSPS) is 16.0. The molecule has 0 fully saturated rings. The van der Waals surface area contributed by atoms with E-state index in [0.29, 0.717) is 0 Å². The Morgan fingerprint density at radius 3 is 2.00 bits per heavy atom. The third-order valence-corrected chi connectivity index (χ3v) is 6.25. The van der Waals surface area contributed by atoms with Crippen molar-refractivity contribution in [3.63, 3.8) is 0 Å². The molecule has 0 aromatic heterocycles. The van der Waals surface area contributed by atoms with Crippen molar-refractivity contribution in [2.45, 2.75) is 44.9 Å². The number of hydrogen-bond acceptors (Lipinski definition) is 5. The monoisotopic (exact) mass is 454 g/mol. The Morgan fingerprint density at radius 1 is 0.939 bits per heavy atom. The van der Waals surface area contributed by atoms with Crippen LogP contribution < -0.4 is 10.6 Å². The summed E-state index contributed by atoms with van der Waals surface area (Å²) in [4.78, 5) is 36.6. The molecule has 2 aromatic rings. The van der Waals surface area contributed by atoms with Crippen molar-refractivity contribution in [3.05, 3.63) is 59.7 Å². The van der Waals surface area contributed by atoms with E-state index >= 15 is 0 Å². The Kier molecular flexibility index (Phi) is 7.71. The highest BCUT2D eigenvalue weighted by Gasteiger charge is 2.32. The van der Waals surface area contributed by atoms with Gasteiger partial charge in [0.05, 0.1) is 12.0 Å². The van der Waals surface area contributed by atoms with Crippen LogP contribution in [0.5, 0.6) is 0 Å². The van der Waals surface area contributed by atoms with E-state index in [4.69, 9.17) is 14.6 Å². The first-order valence-corrected chi connectivity index (χ1v) is 10.9. The average molecular weight is 455 g/mol. The predicted molar refractivity (Wildman–Crippen MR) is 123 cm³/mol. The molecule has 0 radical (unpaired) electrons. The van der Waals surface area contributed by atoms with Crippen LogP contribution in [0.15, 0.2) is 48.5 Å². The molecule has 0 heterocycles. The number of alkyl carbamates (subject to hydrolysis) is 1. The Bertz CT molecular complexity index is 978. The molecule has 0 saturated heterocycles. The van der Waals surface area contributed by atoms with Crippen LogP contribution in [0.1, 0.15) is 37.8 Å². The molecule has 4 atom stereocenters. The van der Waals surface area contributed by atoms with Gasteiger partial charge in [0.15, 0.2) is 0 Å².